The van der Waals surface area contributed by atoms with Crippen molar-refractivity contribution in [2.45, 2.75) is 33.7 Å². The Morgan fingerprint density at radius 1 is 1.10 bits per heavy atom. The molecule has 1 atom stereocenters. The molecule has 1 aromatic heterocycles. The molecule has 1 heterocycles. The Labute approximate surface area is 120 Å². The SMILES string of the molecule is Cc1cccc(C)c1-n1nnnc1[C@@H](C(C)C)N(C)C. The molecule has 2 aromatic rings. The summed E-state index contributed by atoms with van der Waals surface area (Å²) in [6.45, 7) is 8.56. The highest BCUT2D eigenvalue weighted by atomic mass is 15.6. The molecule has 108 valence electrons. The lowest BCUT2D eigenvalue weighted by molar-refractivity contribution is 0.221. The summed E-state index contributed by atoms with van der Waals surface area (Å²) in [4.78, 5) is 2.17. The first-order valence-electron chi connectivity index (χ1n) is 6.94. The molecule has 0 saturated carbocycles. The second kappa shape index (κ2) is 5.71. The Balaban J connectivity index is 2.58. The van der Waals surface area contributed by atoms with Gasteiger partial charge in [0.2, 0.25) is 0 Å². The second-order valence-corrected chi connectivity index (χ2v) is 5.84. The zero-order chi connectivity index (χ0) is 14.9. The number of hydrogen-bond acceptors (Lipinski definition) is 4. The fourth-order valence-electron chi connectivity index (χ4n) is 2.80. The number of para-hydroxylation sites is 1. The molecule has 5 nitrogen and oxygen atoms in total. The predicted octanol–water partition coefficient (Wildman–Crippen LogP) is 2.54. The van der Waals surface area contributed by atoms with Crippen molar-refractivity contribution in [3.8, 4) is 5.69 Å². The van der Waals surface area contributed by atoms with Gasteiger partial charge in [0.05, 0.1) is 11.7 Å². The third-order valence-electron chi connectivity index (χ3n) is 3.60. The van der Waals surface area contributed by atoms with Crippen LogP contribution in [0.2, 0.25) is 0 Å². The average molecular weight is 273 g/mol. The van der Waals surface area contributed by atoms with E-state index in [1.54, 1.807) is 0 Å². The molecule has 5 heteroatoms. The minimum absolute atomic E-state index is 0.184. The van der Waals surface area contributed by atoms with Crippen molar-refractivity contribution in [1.82, 2.24) is 25.1 Å². The molecule has 0 saturated heterocycles. The van der Waals surface area contributed by atoms with Crippen LogP contribution in [0.25, 0.3) is 5.69 Å². The van der Waals surface area contributed by atoms with Gasteiger partial charge in [0.15, 0.2) is 5.82 Å². The van der Waals surface area contributed by atoms with Crippen molar-refractivity contribution in [3.63, 3.8) is 0 Å². The van der Waals surface area contributed by atoms with E-state index in [0.717, 1.165) is 11.5 Å². The molecule has 0 aliphatic carbocycles. The maximum atomic E-state index is 4.28. The second-order valence-electron chi connectivity index (χ2n) is 5.84. The summed E-state index contributed by atoms with van der Waals surface area (Å²) in [5, 5.41) is 12.4. The first-order valence-corrected chi connectivity index (χ1v) is 6.94. The van der Waals surface area contributed by atoms with Crippen LogP contribution >= 0.6 is 0 Å². The van der Waals surface area contributed by atoms with E-state index >= 15 is 0 Å². The zero-order valence-electron chi connectivity index (χ0n) is 13.1. The van der Waals surface area contributed by atoms with Crippen LogP contribution < -0.4 is 0 Å². The predicted molar refractivity (Wildman–Crippen MR) is 79.9 cm³/mol. The summed E-state index contributed by atoms with van der Waals surface area (Å²) in [5.74, 6) is 1.32. The van der Waals surface area contributed by atoms with Crippen LogP contribution in [0.5, 0.6) is 0 Å². The summed E-state index contributed by atoms with van der Waals surface area (Å²) in [5.41, 5.74) is 3.44. The van der Waals surface area contributed by atoms with Gasteiger partial charge in [-0.15, -0.1) is 5.10 Å². The van der Waals surface area contributed by atoms with Crippen LogP contribution in [0.3, 0.4) is 0 Å². The highest BCUT2D eigenvalue weighted by Gasteiger charge is 2.26. The summed E-state index contributed by atoms with van der Waals surface area (Å²) in [6, 6.07) is 6.43. The number of aryl methyl sites for hydroxylation is 2. The molecule has 0 amide bonds. The van der Waals surface area contributed by atoms with E-state index in [9.17, 15) is 0 Å². The van der Waals surface area contributed by atoms with Crippen molar-refractivity contribution >= 4 is 0 Å². The van der Waals surface area contributed by atoms with Crippen molar-refractivity contribution in [2.24, 2.45) is 5.92 Å². The summed E-state index contributed by atoms with van der Waals surface area (Å²) in [6.07, 6.45) is 0. The smallest absolute Gasteiger partial charge is 0.174 e. The largest absolute Gasteiger partial charge is 0.299 e. The molecule has 0 aliphatic rings. The first kappa shape index (κ1) is 14.7. The van der Waals surface area contributed by atoms with Crippen LogP contribution in [0, 0.1) is 19.8 Å². The van der Waals surface area contributed by atoms with E-state index < -0.39 is 0 Å². The molecule has 1 aromatic carbocycles. The molecule has 0 spiro atoms. The Morgan fingerprint density at radius 2 is 1.70 bits per heavy atom. The van der Waals surface area contributed by atoms with E-state index in [1.807, 2.05) is 4.68 Å². The van der Waals surface area contributed by atoms with Crippen molar-refractivity contribution < 1.29 is 0 Å². The van der Waals surface area contributed by atoms with E-state index in [0.29, 0.717) is 5.92 Å². The lowest BCUT2D eigenvalue weighted by Gasteiger charge is -2.27. The van der Waals surface area contributed by atoms with Crippen molar-refractivity contribution in [3.05, 3.63) is 35.2 Å². The number of tetrazole rings is 1. The summed E-state index contributed by atoms with van der Waals surface area (Å²) < 4.78 is 1.88. The van der Waals surface area contributed by atoms with Gasteiger partial charge in [-0.05, 0) is 55.4 Å². The normalized spacial score (nSPS) is 13.2. The van der Waals surface area contributed by atoms with Gasteiger partial charge in [0, 0.05) is 0 Å². The fourth-order valence-corrected chi connectivity index (χ4v) is 2.80. The number of nitrogens with zero attached hydrogens (tertiary/aromatic N) is 5. The van der Waals surface area contributed by atoms with Gasteiger partial charge in [-0.1, -0.05) is 32.0 Å². The molecule has 2 rings (SSSR count). The van der Waals surface area contributed by atoms with Crippen molar-refractivity contribution in [1.29, 1.82) is 0 Å². The monoisotopic (exact) mass is 273 g/mol. The Morgan fingerprint density at radius 3 is 2.20 bits per heavy atom. The molecule has 0 N–H and O–H groups in total. The van der Waals surface area contributed by atoms with Crippen LogP contribution in [-0.2, 0) is 0 Å². The third-order valence-corrected chi connectivity index (χ3v) is 3.60. The Kier molecular flexibility index (Phi) is 4.18. The van der Waals surface area contributed by atoms with Gasteiger partial charge in [-0.25, -0.2) is 0 Å². The van der Waals surface area contributed by atoms with Crippen LogP contribution in [0.4, 0.5) is 0 Å². The topological polar surface area (TPSA) is 46.8 Å². The van der Waals surface area contributed by atoms with Gasteiger partial charge >= 0.3 is 0 Å². The maximum Gasteiger partial charge on any atom is 0.174 e. The maximum absolute atomic E-state index is 4.28. The molecule has 0 bridgehead atoms. The van der Waals surface area contributed by atoms with E-state index in [2.05, 4.69) is 80.4 Å². The first-order chi connectivity index (χ1) is 9.43. The molecule has 0 fully saturated rings. The Hall–Kier alpha value is -1.75. The standard InChI is InChI=1S/C15H23N5/c1-10(2)13(19(5)6)15-16-17-18-20(15)14-11(3)8-7-9-12(14)4/h7-10,13H,1-6H3/t13-/m1/s1. The van der Waals surface area contributed by atoms with Crippen LogP contribution in [0.15, 0.2) is 18.2 Å². The van der Waals surface area contributed by atoms with E-state index in [4.69, 9.17) is 0 Å². The fraction of sp³-hybridized carbons (Fsp3) is 0.533. The molecular weight excluding hydrogens is 250 g/mol. The lowest BCUT2D eigenvalue weighted by Crippen LogP contribution is -2.28. The summed E-state index contributed by atoms with van der Waals surface area (Å²) >= 11 is 0. The van der Waals surface area contributed by atoms with Gasteiger partial charge in [-0.3, -0.25) is 4.90 Å². The molecule has 0 aliphatic heterocycles. The van der Waals surface area contributed by atoms with E-state index in [-0.39, 0.29) is 6.04 Å². The van der Waals surface area contributed by atoms with Gasteiger partial charge in [0.1, 0.15) is 0 Å². The molecule has 20 heavy (non-hydrogen) atoms. The average Bonchev–Trinajstić information content (AvgIpc) is 2.77. The summed E-state index contributed by atoms with van der Waals surface area (Å²) in [7, 11) is 4.13. The highest BCUT2D eigenvalue weighted by Crippen LogP contribution is 2.27. The van der Waals surface area contributed by atoms with Gasteiger partial charge in [-0.2, -0.15) is 4.68 Å². The lowest BCUT2D eigenvalue weighted by atomic mass is 10.0. The van der Waals surface area contributed by atoms with Crippen LogP contribution in [-0.4, -0.2) is 39.2 Å². The number of hydrogen-bond donors (Lipinski definition) is 0. The number of aromatic nitrogens is 4. The van der Waals surface area contributed by atoms with Crippen LogP contribution in [0.1, 0.15) is 36.8 Å². The van der Waals surface area contributed by atoms with Gasteiger partial charge in [0.25, 0.3) is 0 Å². The molecular formula is C15H23N5. The van der Waals surface area contributed by atoms with E-state index in [1.165, 1.54) is 11.1 Å². The quantitative estimate of drug-likeness (QED) is 0.859. The third kappa shape index (κ3) is 2.58. The number of rotatable bonds is 4. The Bertz CT molecular complexity index is 557. The zero-order valence-corrected chi connectivity index (χ0v) is 13.1. The number of benzene rings is 1. The molecule has 0 radical (unpaired) electrons. The highest BCUT2D eigenvalue weighted by molar-refractivity contribution is 5.46. The molecule has 0 unspecified atom stereocenters. The minimum atomic E-state index is 0.184. The van der Waals surface area contributed by atoms with Gasteiger partial charge < -0.3 is 0 Å². The minimum Gasteiger partial charge on any atom is -0.299 e. The van der Waals surface area contributed by atoms with Crippen molar-refractivity contribution in [2.75, 3.05) is 14.1 Å².